The van der Waals surface area contributed by atoms with Crippen LogP contribution in [0, 0.1) is 12.3 Å². The fourth-order valence-electron chi connectivity index (χ4n) is 3.90. The molecule has 1 aromatic carbocycles. The number of anilines is 1. The molecule has 0 radical (unpaired) electrons. The Morgan fingerprint density at radius 2 is 1.93 bits per heavy atom. The topological polar surface area (TPSA) is 58.2 Å². The van der Waals surface area contributed by atoms with Crippen LogP contribution in [0.5, 0.6) is 0 Å². The molecule has 2 aliphatic carbocycles. The Hall–Kier alpha value is -2.10. The molecule has 4 nitrogen and oxygen atoms in total. The quantitative estimate of drug-likeness (QED) is 0.534. The van der Waals surface area contributed by atoms with Crippen LogP contribution in [0.25, 0.3) is 0 Å². The SMILES string of the molecule is Cc1cccc(C(C)C)c1NC(=O)C1(C(=O)NCCC2=CCCCC2)CC1. The van der Waals surface area contributed by atoms with Crippen molar-refractivity contribution in [2.24, 2.45) is 5.41 Å². The van der Waals surface area contributed by atoms with Gasteiger partial charge in [0.25, 0.3) is 0 Å². The summed E-state index contributed by atoms with van der Waals surface area (Å²) in [6.45, 7) is 6.86. The molecule has 1 aromatic rings. The van der Waals surface area contributed by atoms with Gasteiger partial charge in [0.1, 0.15) is 5.41 Å². The van der Waals surface area contributed by atoms with Gasteiger partial charge in [0, 0.05) is 12.2 Å². The maximum Gasteiger partial charge on any atom is 0.240 e. The summed E-state index contributed by atoms with van der Waals surface area (Å²) in [5, 5.41) is 6.08. The molecule has 2 amide bonds. The highest BCUT2D eigenvalue weighted by Crippen LogP contribution is 2.47. The maximum absolute atomic E-state index is 12.9. The Balaban J connectivity index is 1.61. The van der Waals surface area contributed by atoms with Gasteiger partial charge in [-0.05, 0) is 68.9 Å². The van der Waals surface area contributed by atoms with Gasteiger partial charge in [-0.1, -0.05) is 43.7 Å². The summed E-state index contributed by atoms with van der Waals surface area (Å²) < 4.78 is 0. The molecule has 2 N–H and O–H groups in total. The predicted octanol–water partition coefficient (Wildman–Crippen LogP) is 4.84. The van der Waals surface area contributed by atoms with Gasteiger partial charge < -0.3 is 10.6 Å². The van der Waals surface area contributed by atoms with E-state index in [0.29, 0.717) is 25.3 Å². The number of carbonyl (C=O) groups excluding carboxylic acids is 2. The van der Waals surface area contributed by atoms with E-state index in [2.05, 4.69) is 30.6 Å². The number of aryl methyl sites for hydroxylation is 1. The molecule has 4 heteroatoms. The maximum atomic E-state index is 12.9. The molecular weight excluding hydrogens is 336 g/mol. The largest absolute Gasteiger partial charge is 0.355 e. The first kappa shape index (κ1) is 19.7. The lowest BCUT2D eigenvalue weighted by Crippen LogP contribution is -2.40. The van der Waals surface area contributed by atoms with Crippen LogP contribution in [0.1, 0.15) is 75.8 Å². The number of carbonyl (C=O) groups is 2. The molecule has 0 saturated heterocycles. The Morgan fingerprint density at radius 1 is 1.15 bits per heavy atom. The van der Waals surface area contributed by atoms with E-state index in [-0.39, 0.29) is 11.8 Å². The van der Waals surface area contributed by atoms with Crippen LogP contribution in [0.2, 0.25) is 0 Å². The fraction of sp³-hybridized carbons (Fsp3) is 0.565. The van der Waals surface area contributed by atoms with Crippen LogP contribution in [0.15, 0.2) is 29.8 Å². The lowest BCUT2D eigenvalue weighted by atomic mass is 9.96. The molecule has 27 heavy (non-hydrogen) atoms. The zero-order chi connectivity index (χ0) is 19.4. The molecular formula is C23H32N2O2. The molecule has 0 bridgehead atoms. The molecule has 3 rings (SSSR count). The summed E-state index contributed by atoms with van der Waals surface area (Å²) >= 11 is 0. The van der Waals surface area contributed by atoms with Crippen molar-refractivity contribution in [1.82, 2.24) is 5.32 Å². The third kappa shape index (κ3) is 4.42. The predicted molar refractivity (Wildman–Crippen MR) is 110 cm³/mol. The zero-order valence-electron chi connectivity index (χ0n) is 16.9. The van der Waals surface area contributed by atoms with Gasteiger partial charge >= 0.3 is 0 Å². The van der Waals surface area contributed by atoms with Gasteiger partial charge in [-0.2, -0.15) is 0 Å². The van der Waals surface area contributed by atoms with Gasteiger partial charge in [-0.25, -0.2) is 0 Å². The second-order valence-corrected chi connectivity index (χ2v) is 8.34. The molecule has 146 valence electrons. The Morgan fingerprint density at radius 3 is 2.56 bits per heavy atom. The molecule has 0 unspecified atom stereocenters. The van der Waals surface area contributed by atoms with E-state index in [1.807, 2.05) is 25.1 Å². The number of allylic oxidation sites excluding steroid dienone is 1. The molecule has 1 fully saturated rings. The molecule has 0 aromatic heterocycles. The lowest BCUT2D eigenvalue weighted by molar-refractivity contribution is -0.134. The van der Waals surface area contributed by atoms with E-state index < -0.39 is 5.41 Å². The van der Waals surface area contributed by atoms with Crippen molar-refractivity contribution < 1.29 is 9.59 Å². The van der Waals surface area contributed by atoms with Crippen molar-refractivity contribution in [3.8, 4) is 0 Å². The summed E-state index contributed by atoms with van der Waals surface area (Å²) in [5.41, 5.74) is 3.58. The first-order valence-electron chi connectivity index (χ1n) is 10.3. The van der Waals surface area contributed by atoms with Gasteiger partial charge in [0.05, 0.1) is 0 Å². The standard InChI is InChI=1S/C23H32N2O2/c1-16(2)19-11-7-8-17(3)20(19)25-22(27)23(13-14-23)21(26)24-15-12-18-9-5-4-6-10-18/h7-9,11,16H,4-6,10,12-15H2,1-3H3,(H,24,26)(H,25,27). The van der Waals surface area contributed by atoms with Crippen molar-refractivity contribution >= 4 is 17.5 Å². The second kappa shape index (κ2) is 8.28. The summed E-state index contributed by atoms with van der Waals surface area (Å²) in [7, 11) is 0. The monoisotopic (exact) mass is 368 g/mol. The summed E-state index contributed by atoms with van der Waals surface area (Å²) in [6, 6.07) is 6.06. The molecule has 1 saturated carbocycles. The minimum absolute atomic E-state index is 0.115. The minimum atomic E-state index is -0.878. The van der Waals surface area contributed by atoms with E-state index in [1.54, 1.807) is 0 Å². The van der Waals surface area contributed by atoms with E-state index in [0.717, 1.165) is 36.1 Å². The fourth-order valence-corrected chi connectivity index (χ4v) is 3.90. The molecule has 0 spiro atoms. The van der Waals surface area contributed by atoms with Crippen molar-refractivity contribution in [2.75, 3.05) is 11.9 Å². The Labute approximate surface area is 162 Å². The zero-order valence-corrected chi connectivity index (χ0v) is 16.9. The Bertz CT molecular complexity index is 745. The highest BCUT2D eigenvalue weighted by atomic mass is 16.2. The van der Waals surface area contributed by atoms with Gasteiger partial charge in [-0.3, -0.25) is 9.59 Å². The summed E-state index contributed by atoms with van der Waals surface area (Å²) in [6.07, 6.45) is 9.31. The van der Waals surface area contributed by atoms with E-state index in [4.69, 9.17) is 0 Å². The van der Waals surface area contributed by atoms with Crippen LogP contribution >= 0.6 is 0 Å². The first-order valence-corrected chi connectivity index (χ1v) is 10.3. The average Bonchev–Trinajstić information content (AvgIpc) is 3.46. The Kier molecular flexibility index (Phi) is 6.03. The number of para-hydroxylation sites is 1. The van der Waals surface area contributed by atoms with Gasteiger partial charge in [0.15, 0.2) is 0 Å². The minimum Gasteiger partial charge on any atom is -0.355 e. The highest BCUT2D eigenvalue weighted by Gasteiger charge is 2.56. The lowest BCUT2D eigenvalue weighted by Gasteiger charge is -2.20. The van der Waals surface area contributed by atoms with Crippen molar-refractivity contribution in [3.05, 3.63) is 41.0 Å². The second-order valence-electron chi connectivity index (χ2n) is 8.34. The number of hydrogen-bond donors (Lipinski definition) is 2. The number of amides is 2. The van der Waals surface area contributed by atoms with Crippen LogP contribution in [0.4, 0.5) is 5.69 Å². The van der Waals surface area contributed by atoms with Crippen LogP contribution in [0.3, 0.4) is 0 Å². The average molecular weight is 369 g/mol. The normalized spacial score (nSPS) is 18.0. The van der Waals surface area contributed by atoms with Gasteiger partial charge in [-0.15, -0.1) is 0 Å². The number of benzene rings is 1. The van der Waals surface area contributed by atoms with Crippen LogP contribution < -0.4 is 10.6 Å². The highest BCUT2D eigenvalue weighted by molar-refractivity contribution is 6.13. The van der Waals surface area contributed by atoms with E-state index >= 15 is 0 Å². The van der Waals surface area contributed by atoms with Crippen LogP contribution in [-0.2, 0) is 9.59 Å². The van der Waals surface area contributed by atoms with Crippen molar-refractivity contribution in [2.45, 2.75) is 71.6 Å². The molecule has 0 heterocycles. The number of nitrogens with one attached hydrogen (secondary N) is 2. The van der Waals surface area contributed by atoms with Crippen LogP contribution in [-0.4, -0.2) is 18.4 Å². The van der Waals surface area contributed by atoms with Gasteiger partial charge in [0.2, 0.25) is 11.8 Å². The molecule has 2 aliphatic rings. The van der Waals surface area contributed by atoms with Crippen molar-refractivity contribution in [1.29, 1.82) is 0 Å². The summed E-state index contributed by atoms with van der Waals surface area (Å²) in [4.78, 5) is 25.7. The van der Waals surface area contributed by atoms with E-state index in [9.17, 15) is 9.59 Å². The van der Waals surface area contributed by atoms with E-state index in [1.165, 1.54) is 18.4 Å². The number of hydrogen-bond acceptors (Lipinski definition) is 2. The molecule has 0 atom stereocenters. The third-order valence-corrected chi connectivity index (χ3v) is 5.90. The van der Waals surface area contributed by atoms with Crippen molar-refractivity contribution in [3.63, 3.8) is 0 Å². The number of rotatable bonds is 7. The molecule has 0 aliphatic heterocycles. The summed E-state index contributed by atoms with van der Waals surface area (Å²) in [5.74, 6) is 0.0390. The smallest absolute Gasteiger partial charge is 0.240 e. The third-order valence-electron chi connectivity index (χ3n) is 5.90. The first-order chi connectivity index (χ1) is 12.9.